The minimum absolute atomic E-state index is 0.112. The predicted octanol–water partition coefficient (Wildman–Crippen LogP) is 5.37. The first-order valence-corrected chi connectivity index (χ1v) is 12.7. The smallest absolute Gasteiger partial charge is 0.338 e. The second-order valence-corrected chi connectivity index (χ2v) is 9.60. The van der Waals surface area contributed by atoms with Crippen molar-refractivity contribution in [3.63, 3.8) is 0 Å². The predicted molar refractivity (Wildman–Crippen MR) is 144 cm³/mol. The molecule has 2 heterocycles. The molecule has 7 nitrogen and oxygen atoms in total. The van der Waals surface area contributed by atoms with Gasteiger partial charge in [0.25, 0.3) is 0 Å². The van der Waals surface area contributed by atoms with Gasteiger partial charge in [-0.1, -0.05) is 65.7 Å². The van der Waals surface area contributed by atoms with Crippen molar-refractivity contribution < 1.29 is 33.3 Å². The number of cyclic esters (lactones) is 1. The molecule has 0 bridgehead atoms. The zero-order chi connectivity index (χ0) is 27.4. The SMILES string of the molecule is Cc1ccc(C(=O)OC[C@H]2O[C@H](/C=C3\OC(=O)C=C3c3ccccc3)C[C@@H]2OC(=O)c2ccc(C)cc2)cc1. The van der Waals surface area contributed by atoms with Crippen LogP contribution in [0.3, 0.4) is 0 Å². The number of allylic oxidation sites excluding steroid dienone is 1. The van der Waals surface area contributed by atoms with Gasteiger partial charge < -0.3 is 18.9 Å². The third-order valence-electron chi connectivity index (χ3n) is 6.60. The lowest BCUT2D eigenvalue weighted by atomic mass is 10.0. The van der Waals surface area contributed by atoms with Crippen LogP contribution in [0.15, 0.2) is 96.8 Å². The van der Waals surface area contributed by atoms with E-state index in [-0.39, 0.29) is 6.61 Å². The van der Waals surface area contributed by atoms with Gasteiger partial charge in [0, 0.05) is 18.1 Å². The fourth-order valence-electron chi connectivity index (χ4n) is 4.47. The molecule has 0 aromatic heterocycles. The Bertz CT molecular complexity index is 1420. The number of carbonyl (C=O) groups excluding carboxylic acids is 3. The Balaban J connectivity index is 1.33. The van der Waals surface area contributed by atoms with Gasteiger partial charge >= 0.3 is 17.9 Å². The maximum absolute atomic E-state index is 12.9. The highest BCUT2D eigenvalue weighted by molar-refractivity contribution is 6.01. The van der Waals surface area contributed by atoms with Crippen LogP contribution < -0.4 is 0 Å². The number of ether oxygens (including phenoxy) is 4. The summed E-state index contributed by atoms with van der Waals surface area (Å²) >= 11 is 0. The summed E-state index contributed by atoms with van der Waals surface area (Å²) in [5.74, 6) is -1.09. The number of hydrogen-bond acceptors (Lipinski definition) is 7. The Kier molecular flexibility index (Phi) is 7.70. The molecule has 0 amide bonds. The summed E-state index contributed by atoms with van der Waals surface area (Å²) in [5, 5.41) is 0. The van der Waals surface area contributed by atoms with Gasteiger partial charge in [0.1, 0.15) is 24.6 Å². The molecular weight excluding hydrogens is 496 g/mol. The second kappa shape index (κ2) is 11.5. The largest absolute Gasteiger partial charge is 0.459 e. The van der Waals surface area contributed by atoms with Gasteiger partial charge in [0.2, 0.25) is 0 Å². The number of aryl methyl sites for hydroxylation is 2. The summed E-state index contributed by atoms with van der Waals surface area (Å²) in [4.78, 5) is 37.6. The first-order chi connectivity index (χ1) is 18.9. The summed E-state index contributed by atoms with van der Waals surface area (Å²) in [6.07, 6.45) is 1.50. The molecule has 0 unspecified atom stereocenters. The summed E-state index contributed by atoms with van der Waals surface area (Å²) in [7, 11) is 0. The van der Waals surface area contributed by atoms with Crippen LogP contribution in [0, 0.1) is 13.8 Å². The second-order valence-electron chi connectivity index (χ2n) is 9.60. The number of rotatable bonds is 7. The minimum atomic E-state index is -0.711. The van der Waals surface area contributed by atoms with Gasteiger partial charge in [-0.25, -0.2) is 14.4 Å². The van der Waals surface area contributed by atoms with Gasteiger partial charge in [-0.2, -0.15) is 0 Å². The van der Waals surface area contributed by atoms with E-state index in [0.717, 1.165) is 16.7 Å². The zero-order valence-electron chi connectivity index (χ0n) is 21.7. The average molecular weight is 525 g/mol. The van der Waals surface area contributed by atoms with Crippen LogP contribution in [0.2, 0.25) is 0 Å². The molecule has 3 atom stereocenters. The average Bonchev–Trinajstić information content (AvgIpc) is 3.50. The number of benzene rings is 3. The van der Waals surface area contributed by atoms with E-state index < -0.39 is 36.2 Å². The van der Waals surface area contributed by atoms with Crippen LogP contribution in [0.5, 0.6) is 0 Å². The summed E-state index contributed by atoms with van der Waals surface area (Å²) in [6, 6.07) is 23.5. The van der Waals surface area contributed by atoms with Crippen molar-refractivity contribution in [1.29, 1.82) is 0 Å². The van der Waals surface area contributed by atoms with Crippen molar-refractivity contribution in [2.45, 2.75) is 38.6 Å². The van der Waals surface area contributed by atoms with E-state index in [9.17, 15) is 14.4 Å². The van der Waals surface area contributed by atoms with Gasteiger partial charge in [-0.05, 0) is 49.8 Å². The minimum Gasteiger partial charge on any atom is -0.459 e. The van der Waals surface area contributed by atoms with Crippen molar-refractivity contribution in [3.8, 4) is 0 Å². The van der Waals surface area contributed by atoms with Crippen molar-refractivity contribution >= 4 is 23.5 Å². The Morgan fingerprint density at radius 3 is 2.13 bits per heavy atom. The van der Waals surface area contributed by atoms with E-state index in [0.29, 0.717) is 28.9 Å². The number of esters is 3. The molecule has 3 aromatic rings. The molecular formula is C32H28O7. The van der Waals surface area contributed by atoms with Gasteiger partial charge in [0.15, 0.2) is 0 Å². The van der Waals surface area contributed by atoms with E-state index in [4.69, 9.17) is 18.9 Å². The van der Waals surface area contributed by atoms with Crippen LogP contribution in [0.4, 0.5) is 0 Å². The molecule has 1 saturated heterocycles. The molecule has 39 heavy (non-hydrogen) atoms. The van der Waals surface area contributed by atoms with E-state index in [1.807, 2.05) is 68.4 Å². The molecule has 7 heteroatoms. The third-order valence-corrected chi connectivity index (χ3v) is 6.60. The lowest BCUT2D eigenvalue weighted by Gasteiger charge is -2.19. The molecule has 1 fully saturated rings. The topological polar surface area (TPSA) is 88.1 Å². The highest BCUT2D eigenvalue weighted by Crippen LogP contribution is 2.33. The van der Waals surface area contributed by atoms with Crippen LogP contribution in [0.1, 0.15) is 43.8 Å². The molecule has 5 rings (SSSR count). The maximum atomic E-state index is 12.9. The molecule has 0 N–H and O–H groups in total. The first-order valence-electron chi connectivity index (χ1n) is 12.7. The molecule has 0 spiro atoms. The normalized spacial score (nSPS) is 21.4. The van der Waals surface area contributed by atoms with Crippen molar-refractivity contribution in [2.24, 2.45) is 0 Å². The molecule has 2 aliphatic rings. The lowest BCUT2D eigenvalue weighted by molar-refractivity contribution is -0.132. The summed E-state index contributed by atoms with van der Waals surface area (Å²) in [6.45, 7) is 3.76. The zero-order valence-corrected chi connectivity index (χ0v) is 21.7. The Morgan fingerprint density at radius 2 is 1.49 bits per heavy atom. The fourth-order valence-corrected chi connectivity index (χ4v) is 4.47. The monoisotopic (exact) mass is 524 g/mol. The van der Waals surface area contributed by atoms with E-state index in [1.54, 1.807) is 30.3 Å². The van der Waals surface area contributed by atoms with E-state index in [1.165, 1.54) is 6.08 Å². The number of hydrogen-bond donors (Lipinski definition) is 0. The van der Waals surface area contributed by atoms with Gasteiger partial charge in [0.05, 0.1) is 17.2 Å². The van der Waals surface area contributed by atoms with E-state index >= 15 is 0 Å². The summed E-state index contributed by atoms with van der Waals surface area (Å²) < 4.78 is 23.0. The highest BCUT2D eigenvalue weighted by atomic mass is 16.6. The van der Waals surface area contributed by atoms with Gasteiger partial charge in [-0.15, -0.1) is 0 Å². The van der Waals surface area contributed by atoms with Crippen LogP contribution in [-0.2, 0) is 23.7 Å². The standard InChI is InChI=1S/C32H28O7/c1-20-8-12-23(13-9-20)31(34)36-19-29-28(39-32(35)24-14-10-21(2)11-15-24)17-25(37-29)16-27-26(18-30(33)38-27)22-6-4-3-5-7-22/h3-16,18,25,28-29H,17,19H2,1-2H3/b27-16-/t25-,28+,29-/m1/s1. The maximum Gasteiger partial charge on any atom is 0.338 e. The molecule has 3 aromatic carbocycles. The van der Waals surface area contributed by atoms with Crippen LogP contribution in [-0.4, -0.2) is 42.8 Å². The Labute approximate surface area is 226 Å². The Hall–Kier alpha value is -4.49. The van der Waals surface area contributed by atoms with Crippen molar-refractivity contribution in [1.82, 2.24) is 0 Å². The third kappa shape index (κ3) is 6.33. The van der Waals surface area contributed by atoms with Crippen LogP contribution in [0.25, 0.3) is 5.57 Å². The molecule has 2 aliphatic heterocycles. The fraction of sp³-hybridized carbons (Fsp3) is 0.219. The molecule has 0 radical (unpaired) electrons. The lowest BCUT2D eigenvalue weighted by Crippen LogP contribution is -2.32. The summed E-state index contributed by atoms with van der Waals surface area (Å²) in [5.41, 5.74) is 4.36. The Morgan fingerprint density at radius 1 is 0.872 bits per heavy atom. The molecule has 198 valence electrons. The molecule has 0 aliphatic carbocycles. The molecule has 0 saturated carbocycles. The number of carbonyl (C=O) groups is 3. The van der Waals surface area contributed by atoms with E-state index in [2.05, 4.69) is 0 Å². The van der Waals surface area contributed by atoms with Gasteiger partial charge in [-0.3, -0.25) is 0 Å². The van der Waals surface area contributed by atoms with Crippen molar-refractivity contribution in [2.75, 3.05) is 6.61 Å². The quantitative estimate of drug-likeness (QED) is 0.303. The highest BCUT2D eigenvalue weighted by Gasteiger charge is 2.39. The first kappa shape index (κ1) is 26.1. The van der Waals surface area contributed by atoms with Crippen LogP contribution >= 0.6 is 0 Å². The van der Waals surface area contributed by atoms with Crippen molar-refractivity contribution in [3.05, 3.63) is 125 Å².